The number of halogens is 3. The lowest BCUT2D eigenvalue weighted by molar-refractivity contribution is -0.166. The van der Waals surface area contributed by atoms with Crippen LogP contribution in [0.4, 0.5) is 24.5 Å². The van der Waals surface area contributed by atoms with Crippen LogP contribution in [0.1, 0.15) is 24.5 Å². The van der Waals surface area contributed by atoms with E-state index in [0.717, 1.165) is 18.8 Å². The Hall–Kier alpha value is -2.94. The molecule has 2 atom stereocenters. The molecule has 2 heterocycles. The molecule has 2 aromatic rings. The fraction of sp³-hybridized carbons (Fsp3) is 0.409. The highest BCUT2D eigenvalue weighted by atomic mass is 19.4. The Kier molecular flexibility index (Phi) is 5.47. The molecule has 1 fully saturated rings. The number of benzene rings is 2. The molecule has 0 bridgehead atoms. The number of hydrogen-bond acceptors (Lipinski definition) is 5. The number of nitrogens with one attached hydrogen (secondary N) is 1. The summed E-state index contributed by atoms with van der Waals surface area (Å²) >= 11 is 0. The van der Waals surface area contributed by atoms with E-state index in [1.54, 1.807) is 0 Å². The highest BCUT2D eigenvalue weighted by Gasteiger charge is 2.65. The average Bonchev–Trinajstić information content (AvgIpc) is 3.45. The molecular formula is C22H24F3N5O. The van der Waals surface area contributed by atoms with Crippen molar-refractivity contribution in [1.29, 1.82) is 0 Å². The number of rotatable bonds is 6. The lowest BCUT2D eigenvalue weighted by Gasteiger charge is -2.19. The molecule has 9 heteroatoms. The monoisotopic (exact) mass is 431 g/mol. The molecule has 2 aromatic carbocycles. The van der Waals surface area contributed by atoms with E-state index < -0.39 is 17.9 Å². The van der Waals surface area contributed by atoms with Gasteiger partial charge < -0.3 is 16.0 Å². The van der Waals surface area contributed by atoms with Crippen LogP contribution < -0.4 is 16.0 Å². The fourth-order valence-corrected chi connectivity index (χ4v) is 3.82. The Morgan fingerprint density at radius 2 is 1.84 bits per heavy atom. The molecule has 164 valence electrons. The second-order valence-corrected chi connectivity index (χ2v) is 8.25. The van der Waals surface area contributed by atoms with Crippen molar-refractivity contribution in [2.45, 2.75) is 37.6 Å². The van der Waals surface area contributed by atoms with Gasteiger partial charge in [0.2, 0.25) is 5.91 Å². The highest BCUT2D eigenvalue weighted by Crippen LogP contribution is 2.52. The van der Waals surface area contributed by atoms with Crippen LogP contribution in [0.25, 0.3) is 0 Å². The van der Waals surface area contributed by atoms with Crippen molar-refractivity contribution in [1.82, 2.24) is 0 Å². The summed E-state index contributed by atoms with van der Waals surface area (Å²) in [6.07, 6.45) is -3.19. The maximum Gasteiger partial charge on any atom is 0.442 e. The number of carbonyl (C=O) groups is 1. The van der Waals surface area contributed by atoms with Crippen molar-refractivity contribution in [3.05, 3.63) is 59.7 Å². The summed E-state index contributed by atoms with van der Waals surface area (Å²) in [5.74, 6) is 0.323. The van der Waals surface area contributed by atoms with Crippen LogP contribution >= 0.6 is 0 Å². The lowest BCUT2D eigenvalue weighted by Crippen LogP contribution is -2.37. The number of amides is 1. The molecule has 2 aliphatic rings. The first kappa shape index (κ1) is 21.3. The summed E-state index contributed by atoms with van der Waals surface area (Å²) in [5.41, 5.74) is 5.95. The van der Waals surface area contributed by atoms with E-state index in [1.807, 2.05) is 24.3 Å². The van der Waals surface area contributed by atoms with Gasteiger partial charge in [-0.2, -0.15) is 13.2 Å². The largest absolute Gasteiger partial charge is 0.442 e. The fourth-order valence-electron chi connectivity index (χ4n) is 3.82. The van der Waals surface area contributed by atoms with Crippen LogP contribution in [-0.4, -0.2) is 31.2 Å². The predicted octanol–water partition coefficient (Wildman–Crippen LogP) is 4.22. The minimum atomic E-state index is -4.56. The van der Waals surface area contributed by atoms with Crippen LogP contribution in [-0.2, 0) is 16.9 Å². The maximum atomic E-state index is 13.1. The average molecular weight is 431 g/mol. The third kappa shape index (κ3) is 4.41. The molecule has 6 nitrogen and oxygen atoms in total. The van der Waals surface area contributed by atoms with Gasteiger partial charge in [0.05, 0.1) is 6.04 Å². The summed E-state index contributed by atoms with van der Waals surface area (Å²) in [5, 5.41) is 9.16. The van der Waals surface area contributed by atoms with Gasteiger partial charge in [-0.15, -0.1) is 10.2 Å². The van der Waals surface area contributed by atoms with Gasteiger partial charge in [0.15, 0.2) is 0 Å². The van der Waals surface area contributed by atoms with Gasteiger partial charge in [-0.05, 0) is 48.6 Å². The van der Waals surface area contributed by atoms with Gasteiger partial charge in [0.25, 0.3) is 0 Å². The number of alkyl halides is 3. The van der Waals surface area contributed by atoms with E-state index in [4.69, 9.17) is 5.73 Å². The predicted molar refractivity (Wildman–Crippen MR) is 112 cm³/mol. The zero-order valence-electron chi connectivity index (χ0n) is 17.1. The first-order valence-electron chi connectivity index (χ1n) is 10.2. The first-order chi connectivity index (χ1) is 14.7. The number of nitrogens with two attached hydrogens (primary N) is 1. The molecule has 2 unspecified atom stereocenters. The first-order valence-corrected chi connectivity index (χ1v) is 10.2. The van der Waals surface area contributed by atoms with Gasteiger partial charge >= 0.3 is 11.8 Å². The molecule has 0 aromatic heterocycles. The minimum Gasteiger partial charge on any atom is -0.371 e. The van der Waals surface area contributed by atoms with Gasteiger partial charge in [0.1, 0.15) is 0 Å². The SMILES string of the molecule is CC1CCN(c2ccc(NC(=O)C(N)Cc3ccc(C4(C(F)(F)F)N=N4)cc3)cc2)C1. The highest BCUT2D eigenvalue weighted by molar-refractivity contribution is 5.95. The molecule has 0 spiro atoms. The molecule has 0 radical (unpaired) electrons. The second-order valence-electron chi connectivity index (χ2n) is 8.25. The molecule has 0 aliphatic carbocycles. The summed E-state index contributed by atoms with van der Waals surface area (Å²) in [4.78, 5) is 14.8. The van der Waals surface area contributed by atoms with Crippen LogP contribution in [0.15, 0.2) is 58.8 Å². The topological polar surface area (TPSA) is 83.1 Å². The quantitative estimate of drug-likeness (QED) is 0.718. The number of hydrogen-bond donors (Lipinski definition) is 2. The van der Waals surface area contributed by atoms with Crippen molar-refractivity contribution >= 4 is 17.3 Å². The van der Waals surface area contributed by atoms with Gasteiger partial charge in [-0.1, -0.05) is 31.2 Å². The van der Waals surface area contributed by atoms with Crippen LogP contribution in [0.3, 0.4) is 0 Å². The van der Waals surface area contributed by atoms with E-state index in [1.165, 1.54) is 30.7 Å². The van der Waals surface area contributed by atoms with Crippen LogP contribution in [0.2, 0.25) is 0 Å². The van der Waals surface area contributed by atoms with E-state index in [9.17, 15) is 18.0 Å². The maximum absolute atomic E-state index is 13.1. The smallest absolute Gasteiger partial charge is 0.371 e. The molecule has 4 rings (SSSR count). The molecule has 31 heavy (non-hydrogen) atoms. The molecular weight excluding hydrogens is 407 g/mol. The Bertz CT molecular complexity index is 966. The van der Waals surface area contributed by atoms with E-state index in [2.05, 4.69) is 27.4 Å². The zero-order chi connectivity index (χ0) is 22.2. The number of anilines is 2. The Balaban J connectivity index is 1.32. The Morgan fingerprint density at radius 3 is 2.35 bits per heavy atom. The minimum absolute atomic E-state index is 0.0470. The third-order valence-corrected chi connectivity index (χ3v) is 5.77. The van der Waals surface area contributed by atoms with Crippen molar-refractivity contribution in [3.8, 4) is 0 Å². The summed E-state index contributed by atoms with van der Waals surface area (Å²) in [7, 11) is 0. The zero-order valence-corrected chi connectivity index (χ0v) is 17.1. The molecule has 0 saturated carbocycles. The third-order valence-electron chi connectivity index (χ3n) is 5.77. The van der Waals surface area contributed by atoms with Crippen molar-refractivity contribution in [2.24, 2.45) is 21.9 Å². The van der Waals surface area contributed by atoms with Crippen molar-refractivity contribution in [3.63, 3.8) is 0 Å². The summed E-state index contributed by atoms with van der Waals surface area (Å²) in [6.45, 7) is 4.29. The molecule has 2 aliphatic heterocycles. The van der Waals surface area contributed by atoms with Crippen LogP contribution in [0.5, 0.6) is 0 Å². The molecule has 3 N–H and O–H groups in total. The van der Waals surface area contributed by atoms with Gasteiger partial charge in [-0.25, -0.2) is 0 Å². The normalized spacial score (nSPS) is 20.5. The van der Waals surface area contributed by atoms with E-state index in [-0.39, 0.29) is 17.9 Å². The lowest BCUT2D eigenvalue weighted by atomic mass is 9.98. The van der Waals surface area contributed by atoms with E-state index in [0.29, 0.717) is 17.2 Å². The standard InChI is InChI=1S/C22H24F3N5O/c1-14-10-11-30(13-14)18-8-6-17(7-9-18)27-20(31)19(26)12-15-2-4-16(5-3-15)21(28-29-21)22(23,24)25/h2-9,14,19H,10-13,26H2,1H3,(H,27,31). The number of nitrogens with zero attached hydrogens (tertiary/aromatic N) is 3. The van der Waals surface area contributed by atoms with Crippen LogP contribution in [0, 0.1) is 5.92 Å². The van der Waals surface area contributed by atoms with Crippen molar-refractivity contribution in [2.75, 3.05) is 23.3 Å². The summed E-state index contributed by atoms with van der Waals surface area (Å²) in [6, 6.07) is 12.5. The van der Waals surface area contributed by atoms with Gasteiger partial charge in [-0.3, -0.25) is 4.79 Å². The Morgan fingerprint density at radius 1 is 1.19 bits per heavy atom. The Labute approximate surface area is 178 Å². The summed E-state index contributed by atoms with van der Waals surface area (Å²) < 4.78 is 39.2. The van der Waals surface area contributed by atoms with Crippen molar-refractivity contribution < 1.29 is 18.0 Å². The second kappa shape index (κ2) is 7.96. The van der Waals surface area contributed by atoms with E-state index >= 15 is 0 Å². The molecule has 1 amide bonds. The number of carbonyl (C=O) groups excluding carboxylic acids is 1. The van der Waals surface area contributed by atoms with Gasteiger partial charge in [0, 0.05) is 30.0 Å². The molecule has 1 saturated heterocycles.